The Bertz CT molecular complexity index is 1810. The van der Waals surface area contributed by atoms with Gasteiger partial charge in [-0.15, -0.1) is 0 Å². The number of nitrogens with zero attached hydrogens (tertiary/aromatic N) is 4. The number of ether oxygens (including phenoxy) is 6. The van der Waals surface area contributed by atoms with Gasteiger partial charge in [-0.1, -0.05) is 24.3 Å². The Kier molecular flexibility index (Phi) is 14.0. The number of likely N-dealkylation sites (N-methyl/N-ethyl adjacent to an activating group) is 2. The lowest BCUT2D eigenvalue weighted by Crippen LogP contribution is -2.49. The van der Waals surface area contributed by atoms with E-state index in [0.717, 1.165) is 87.2 Å². The molecule has 6 rings (SSSR count). The predicted molar refractivity (Wildman–Crippen MR) is 226 cm³/mol. The molecule has 0 saturated carbocycles. The molecule has 4 aromatic rings. The number of carbonyl (C=O) groups excluding carboxylic acids is 2. The fourth-order valence-corrected chi connectivity index (χ4v) is 8.17. The maximum Gasteiger partial charge on any atom is 0.253 e. The summed E-state index contributed by atoms with van der Waals surface area (Å²) in [6.45, 7) is 4.85. The first-order valence-electron chi connectivity index (χ1n) is 19.9. The molecule has 0 unspecified atom stereocenters. The Morgan fingerprint density at radius 1 is 0.483 bits per heavy atom. The highest BCUT2D eigenvalue weighted by molar-refractivity contribution is 5.95. The number of methoxy groups -OCH3 is 6. The first kappa shape index (κ1) is 42.2. The van der Waals surface area contributed by atoms with Crippen LogP contribution in [0.2, 0.25) is 0 Å². The lowest BCUT2D eigenvalue weighted by atomic mass is 10.00. The average molecular weight is 795 g/mol. The molecule has 58 heavy (non-hydrogen) atoms. The minimum absolute atomic E-state index is 0.0646. The molecule has 0 atom stereocenters. The van der Waals surface area contributed by atoms with Crippen molar-refractivity contribution >= 4 is 11.8 Å². The minimum atomic E-state index is 0.0646. The quantitative estimate of drug-likeness (QED) is 0.127. The van der Waals surface area contributed by atoms with Gasteiger partial charge in [0.2, 0.25) is 11.5 Å². The van der Waals surface area contributed by atoms with Gasteiger partial charge in [0, 0.05) is 62.5 Å². The summed E-state index contributed by atoms with van der Waals surface area (Å²) in [5.41, 5.74) is 5.10. The number of amides is 2. The SMILES string of the molecule is COc1cc(-c2ccc(C(=O)N3CCC(N(C)CCN(C)C4CCN(C(=O)c5ccc(-c6cc(OC)c(OC)c(OC)c6)cc5)CC4)CC3)cc2)cc(OC)c1OC. The molecule has 0 bridgehead atoms. The van der Waals surface area contributed by atoms with Crippen molar-refractivity contribution in [2.45, 2.75) is 37.8 Å². The monoisotopic (exact) mass is 794 g/mol. The topological polar surface area (TPSA) is 102 Å². The predicted octanol–water partition coefficient (Wildman–Crippen LogP) is 6.85. The summed E-state index contributed by atoms with van der Waals surface area (Å²) in [6.07, 6.45) is 3.78. The van der Waals surface area contributed by atoms with Crippen LogP contribution in [0.3, 0.4) is 0 Å². The van der Waals surface area contributed by atoms with E-state index in [1.807, 2.05) is 82.6 Å². The molecule has 4 aromatic carbocycles. The van der Waals surface area contributed by atoms with Gasteiger partial charge in [-0.3, -0.25) is 9.59 Å². The van der Waals surface area contributed by atoms with E-state index < -0.39 is 0 Å². The van der Waals surface area contributed by atoms with Crippen LogP contribution >= 0.6 is 0 Å². The Morgan fingerprint density at radius 3 is 1.03 bits per heavy atom. The van der Waals surface area contributed by atoms with Crippen LogP contribution in [0.25, 0.3) is 22.3 Å². The number of carbonyl (C=O) groups is 2. The molecule has 2 aliphatic heterocycles. The smallest absolute Gasteiger partial charge is 0.253 e. The highest BCUT2D eigenvalue weighted by atomic mass is 16.5. The van der Waals surface area contributed by atoms with Crippen molar-refractivity contribution in [2.75, 3.05) is 96.0 Å². The van der Waals surface area contributed by atoms with Crippen LogP contribution in [0.5, 0.6) is 34.5 Å². The van der Waals surface area contributed by atoms with Gasteiger partial charge in [0.05, 0.1) is 42.7 Å². The number of piperidine rings is 2. The highest BCUT2D eigenvalue weighted by Gasteiger charge is 2.29. The molecule has 310 valence electrons. The van der Waals surface area contributed by atoms with Gasteiger partial charge in [0.25, 0.3) is 11.8 Å². The van der Waals surface area contributed by atoms with Gasteiger partial charge in [0.1, 0.15) is 0 Å². The minimum Gasteiger partial charge on any atom is -0.493 e. The molecule has 12 heteroatoms. The lowest BCUT2D eigenvalue weighted by molar-refractivity contribution is 0.0583. The van der Waals surface area contributed by atoms with Gasteiger partial charge in [0.15, 0.2) is 23.0 Å². The van der Waals surface area contributed by atoms with Gasteiger partial charge in [-0.05, 0) is 111 Å². The maximum absolute atomic E-state index is 13.5. The Hall–Kier alpha value is -5.46. The van der Waals surface area contributed by atoms with Crippen molar-refractivity contribution in [3.8, 4) is 56.8 Å². The zero-order chi connectivity index (χ0) is 41.3. The molecule has 2 amide bonds. The van der Waals surface area contributed by atoms with Crippen LogP contribution in [0.4, 0.5) is 0 Å². The average Bonchev–Trinajstić information content (AvgIpc) is 3.29. The number of likely N-dealkylation sites (tertiary alicyclic amines) is 2. The van der Waals surface area contributed by atoms with Gasteiger partial charge in [-0.25, -0.2) is 0 Å². The standard InChI is InChI=1S/C46H58N4O8/c1-47(37-17-21-49(22-18-37)45(51)33-13-9-31(10-14-33)35-27-39(53-3)43(57-7)40(28-35)54-4)25-26-48(2)38-19-23-50(24-20-38)46(52)34-15-11-32(12-16-34)36-29-41(55-5)44(58-8)42(30-36)56-6/h9-16,27-30,37-38H,17-26H2,1-8H3. The Morgan fingerprint density at radius 2 is 0.776 bits per heavy atom. The molecule has 12 nitrogen and oxygen atoms in total. The van der Waals surface area contributed by atoms with E-state index in [0.29, 0.717) is 57.7 Å². The maximum atomic E-state index is 13.5. The van der Waals surface area contributed by atoms with E-state index in [4.69, 9.17) is 28.4 Å². The molecular weight excluding hydrogens is 737 g/mol. The number of hydrogen-bond acceptors (Lipinski definition) is 10. The van der Waals surface area contributed by atoms with Crippen molar-refractivity contribution in [2.24, 2.45) is 0 Å². The second-order valence-corrected chi connectivity index (χ2v) is 15.0. The van der Waals surface area contributed by atoms with Crippen molar-refractivity contribution in [1.29, 1.82) is 0 Å². The summed E-state index contributed by atoms with van der Waals surface area (Å²) in [5, 5.41) is 0. The Balaban J connectivity index is 0.936. The third-order valence-electron chi connectivity index (χ3n) is 11.8. The van der Waals surface area contributed by atoms with Crippen LogP contribution in [0.1, 0.15) is 46.4 Å². The van der Waals surface area contributed by atoms with Gasteiger partial charge >= 0.3 is 0 Å². The lowest BCUT2D eigenvalue weighted by Gasteiger charge is -2.39. The third kappa shape index (κ3) is 9.29. The largest absolute Gasteiger partial charge is 0.493 e. The van der Waals surface area contributed by atoms with Crippen molar-refractivity contribution < 1.29 is 38.0 Å². The summed E-state index contributed by atoms with van der Waals surface area (Å²) in [7, 11) is 14.0. The Labute approximate surface area is 343 Å². The first-order chi connectivity index (χ1) is 28.1. The third-order valence-corrected chi connectivity index (χ3v) is 11.8. The zero-order valence-electron chi connectivity index (χ0n) is 35.2. The van der Waals surface area contributed by atoms with E-state index in [1.54, 1.807) is 42.7 Å². The fourth-order valence-electron chi connectivity index (χ4n) is 8.17. The van der Waals surface area contributed by atoms with Crippen LogP contribution in [-0.2, 0) is 0 Å². The number of rotatable bonds is 15. The highest BCUT2D eigenvalue weighted by Crippen LogP contribution is 2.42. The first-order valence-corrected chi connectivity index (χ1v) is 19.9. The van der Waals surface area contributed by atoms with E-state index in [1.165, 1.54) is 0 Å². The molecule has 0 radical (unpaired) electrons. The second kappa shape index (κ2) is 19.3. The van der Waals surface area contributed by atoms with Crippen LogP contribution < -0.4 is 28.4 Å². The summed E-state index contributed by atoms with van der Waals surface area (Å²) < 4.78 is 33.0. The van der Waals surface area contributed by atoms with Crippen molar-refractivity contribution in [3.05, 3.63) is 83.9 Å². The molecule has 0 aliphatic carbocycles. The van der Waals surface area contributed by atoms with E-state index >= 15 is 0 Å². The summed E-state index contributed by atoms with van der Waals surface area (Å²) in [4.78, 5) is 35.8. The molecular formula is C46H58N4O8. The van der Waals surface area contributed by atoms with E-state index in [2.05, 4.69) is 23.9 Å². The molecule has 2 saturated heterocycles. The van der Waals surface area contributed by atoms with Crippen molar-refractivity contribution in [3.63, 3.8) is 0 Å². The molecule has 2 fully saturated rings. The van der Waals surface area contributed by atoms with Gasteiger partial charge in [-0.2, -0.15) is 0 Å². The summed E-state index contributed by atoms with van der Waals surface area (Å²) >= 11 is 0. The van der Waals surface area contributed by atoms with Crippen LogP contribution in [0.15, 0.2) is 72.8 Å². The number of benzene rings is 4. The van der Waals surface area contributed by atoms with Gasteiger partial charge < -0.3 is 48.0 Å². The molecule has 0 spiro atoms. The van der Waals surface area contributed by atoms with Crippen LogP contribution in [0, 0.1) is 0 Å². The van der Waals surface area contributed by atoms with Crippen LogP contribution in [-0.4, -0.2) is 140 Å². The summed E-state index contributed by atoms with van der Waals surface area (Å²) in [5.74, 6) is 3.55. The second-order valence-electron chi connectivity index (χ2n) is 15.0. The van der Waals surface area contributed by atoms with E-state index in [-0.39, 0.29) is 11.8 Å². The van der Waals surface area contributed by atoms with Crippen molar-refractivity contribution in [1.82, 2.24) is 19.6 Å². The molecule has 0 aromatic heterocycles. The molecule has 2 heterocycles. The number of hydrogen-bond donors (Lipinski definition) is 0. The zero-order valence-corrected chi connectivity index (χ0v) is 35.2. The molecule has 2 aliphatic rings. The van der Waals surface area contributed by atoms with E-state index in [9.17, 15) is 9.59 Å². The summed E-state index contributed by atoms with van der Waals surface area (Å²) in [6, 6.07) is 23.9. The molecule has 0 N–H and O–H groups in total. The fraction of sp³-hybridized carbons (Fsp3) is 0.435. The normalized spacial score (nSPS) is 15.1.